The molecule has 7 heteroatoms. The fraction of sp³-hybridized carbons (Fsp3) is 0.368. The lowest BCUT2D eigenvalue weighted by molar-refractivity contribution is -0.116. The average molecular weight is 437 g/mol. The Bertz CT molecular complexity index is 892. The molecule has 0 bridgehead atoms. The molecule has 0 atom stereocenters. The Kier molecular flexibility index (Phi) is 4.61. The van der Waals surface area contributed by atoms with Gasteiger partial charge in [0, 0.05) is 28.9 Å². The Morgan fingerprint density at radius 3 is 2.77 bits per heavy atom. The first-order valence-corrected chi connectivity index (χ1v) is 10.2. The van der Waals surface area contributed by atoms with E-state index in [2.05, 4.69) is 32.6 Å². The van der Waals surface area contributed by atoms with Gasteiger partial charge in [-0.2, -0.15) is 0 Å². The van der Waals surface area contributed by atoms with Crippen LogP contribution in [0.5, 0.6) is 0 Å². The molecular formula is C19H18BrFN2O2S. The number of hydrogen-bond acceptors (Lipinski definition) is 3. The van der Waals surface area contributed by atoms with Crippen LogP contribution in [0.15, 0.2) is 28.1 Å². The summed E-state index contributed by atoms with van der Waals surface area (Å²) < 4.78 is 15.5. The third-order valence-corrected chi connectivity index (χ3v) is 7.20. The number of thiophene rings is 1. The summed E-state index contributed by atoms with van der Waals surface area (Å²) in [6, 6.07) is 6.94. The highest BCUT2D eigenvalue weighted by Gasteiger charge is 2.40. The van der Waals surface area contributed by atoms with Crippen LogP contribution in [-0.4, -0.2) is 18.4 Å². The Balaban J connectivity index is 1.51. The number of aryl methyl sites for hydroxylation is 1. The molecule has 2 heterocycles. The first kappa shape index (κ1) is 17.7. The SMILES string of the molecule is O=C1CCc2cc(C(=O)NCC3(c4ccc(Br)s4)CCC3)c(F)cc2N1. The lowest BCUT2D eigenvalue weighted by atomic mass is 9.67. The van der Waals surface area contributed by atoms with Gasteiger partial charge in [-0.1, -0.05) is 6.42 Å². The summed E-state index contributed by atoms with van der Waals surface area (Å²) in [5.74, 6) is -1.13. The number of carbonyl (C=O) groups is 2. The van der Waals surface area contributed by atoms with Crippen LogP contribution in [0.4, 0.5) is 10.1 Å². The molecule has 136 valence electrons. The molecule has 1 aliphatic carbocycles. The molecular weight excluding hydrogens is 419 g/mol. The Hall–Kier alpha value is -1.73. The van der Waals surface area contributed by atoms with Crippen LogP contribution in [-0.2, 0) is 16.6 Å². The Morgan fingerprint density at radius 2 is 2.12 bits per heavy atom. The summed E-state index contributed by atoms with van der Waals surface area (Å²) in [6.45, 7) is 0.506. The van der Waals surface area contributed by atoms with Crippen LogP contribution in [0, 0.1) is 5.82 Å². The minimum absolute atomic E-state index is 0.0367. The molecule has 0 unspecified atom stereocenters. The van der Waals surface area contributed by atoms with Gasteiger partial charge in [0.25, 0.3) is 5.91 Å². The van der Waals surface area contributed by atoms with Gasteiger partial charge in [-0.05, 0) is 65.0 Å². The van der Waals surface area contributed by atoms with Gasteiger partial charge in [-0.3, -0.25) is 9.59 Å². The zero-order chi connectivity index (χ0) is 18.3. The second-order valence-electron chi connectivity index (χ2n) is 6.96. The number of rotatable bonds is 4. The molecule has 2 aromatic rings. The Morgan fingerprint density at radius 1 is 1.31 bits per heavy atom. The van der Waals surface area contributed by atoms with Crippen LogP contribution in [0.1, 0.15) is 46.5 Å². The number of halogens is 2. The lowest BCUT2D eigenvalue weighted by Gasteiger charge is -2.41. The third kappa shape index (κ3) is 3.18. The van der Waals surface area contributed by atoms with Crippen molar-refractivity contribution in [2.24, 2.45) is 0 Å². The summed E-state index contributed by atoms with van der Waals surface area (Å²) >= 11 is 5.19. The van der Waals surface area contributed by atoms with Gasteiger partial charge in [0.15, 0.2) is 0 Å². The predicted octanol–water partition coefficient (Wildman–Crippen LogP) is 4.39. The number of fused-ring (bicyclic) bond motifs is 1. The maximum Gasteiger partial charge on any atom is 0.254 e. The predicted molar refractivity (Wildman–Crippen MR) is 103 cm³/mol. The monoisotopic (exact) mass is 436 g/mol. The Labute approximate surface area is 163 Å². The van der Waals surface area contributed by atoms with Crippen molar-refractivity contribution >= 4 is 44.8 Å². The maximum atomic E-state index is 14.4. The third-order valence-electron chi connectivity index (χ3n) is 5.33. The quantitative estimate of drug-likeness (QED) is 0.746. The maximum absolute atomic E-state index is 14.4. The summed E-state index contributed by atoms with van der Waals surface area (Å²) in [4.78, 5) is 25.3. The molecule has 0 radical (unpaired) electrons. The van der Waals surface area contributed by atoms with Crippen LogP contribution >= 0.6 is 27.3 Å². The molecule has 0 saturated heterocycles. The number of carbonyl (C=O) groups excluding carboxylic acids is 2. The van der Waals surface area contributed by atoms with Crippen molar-refractivity contribution in [2.75, 3.05) is 11.9 Å². The molecule has 0 spiro atoms. The van der Waals surface area contributed by atoms with Crippen molar-refractivity contribution in [1.29, 1.82) is 0 Å². The highest BCUT2D eigenvalue weighted by Crippen LogP contribution is 2.46. The highest BCUT2D eigenvalue weighted by atomic mass is 79.9. The summed E-state index contributed by atoms with van der Waals surface area (Å²) in [5.41, 5.74) is 1.28. The average Bonchev–Trinajstić information content (AvgIpc) is 2.99. The van der Waals surface area contributed by atoms with Crippen molar-refractivity contribution in [1.82, 2.24) is 5.32 Å². The number of amides is 2. The minimum atomic E-state index is -0.607. The topological polar surface area (TPSA) is 58.2 Å². The van der Waals surface area contributed by atoms with Crippen molar-refractivity contribution in [3.8, 4) is 0 Å². The summed E-state index contributed by atoms with van der Waals surface area (Å²) in [5, 5.41) is 5.58. The first-order valence-electron chi connectivity index (χ1n) is 8.63. The smallest absolute Gasteiger partial charge is 0.254 e. The van der Waals surface area contributed by atoms with E-state index in [0.29, 0.717) is 25.1 Å². The fourth-order valence-corrected chi connectivity index (χ4v) is 5.26. The van der Waals surface area contributed by atoms with Crippen molar-refractivity contribution in [3.63, 3.8) is 0 Å². The highest BCUT2D eigenvalue weighted by molar-refractivity contribution is 9.11. The zero-order valence-electron chi connectivity index (χ0n) is 14.0. The minimum Gasteiger partial charge on any atom is -0.351 e. The van der Waals surface area contributed by atoms with Crippen LogP contribution in [0.2, 0.25) is 0 Å². The number of hydrogen-bond donors (Lipinski definition) is 2. The van der Waals surface area contributed by atoms with Crippen LogP contribution in [0.25, 0.3) is 0 Å². The molecule has 1 aliphatic heterocycles. The number of benzene rings is 1. The van der Waals surface area contributed by atoms with Crippen molar-refractivity contribution < 1.29 is 14.0 Å². The van der Waals surface area contributed by atoms with E-state index in [9.17, 15) is 14.0 Å². The van der Waals surface area contributed by atoms with Crippen molar-refractivity contribution in [2.45, 2.75) is 37.5 Å². The lowest BCUT2D eigenvalue weighted by Crippen LogP contribution is -2.45. The van der Waals surface area contributed by atoms with Gasteiger partial charge in [0.05, 0.1) is 9.35 Å². The van der Waals surface area contributed by atoms with Crippen LogP contribution < -0.4 is 10.6 Å². The van der Waals surface area contributed by atoms with E-state index >= 15 is 0 Å². The second-order valence-corrected chi connectivity index (χ2v) is 9.42. The van der Waals surface area contributed by atoms with E-state index in [4.69, 9.17) is 0 Å². The van der Waals surface area contributed by atoms with Gasteiger partial charge in [0.2, 0.25) is 5.91 Å². The number of nitrogens with one attached hydrogen (secondary N) is 2. The summed E-state index contributed by atoms with van der Waals surface area (Å²) in [6.07, 6.45) is 4.07. The van der Waals surface area contributed by atoms with Crippen LogP contribution in [0.3, 0.4) is 0 Å². The molecule has 1 aromatic carbocycles. The molecule has 1 fully saturated rings. The fourth-order valence-electron chi connectivity index (χ4n) is 3.63. The molecule has 2 amide bonds. The molecule has 2 aliphatic rings. The largest absolute Gasteiger partial charge is 0.351 e. The van der Waals surface area contributed by atoms with Gasteiger partial charge >= 0.3 is 0 Å². The molecule has 1 saturated carbocycles. The van der Waals surface area contributed by atoms with Gasteiger partial charge in [-0.15, -0.1) is 11.3 Å². The van der Waals surface area contributed by atoms with E-state index in [0.717, 1.165) is 28.6 Å². The normalized spacial score (nSPS) is 17.8. The molecule has 26 heavy (non-hydrogen) atoms. The van der Waals surface area contributed by atoms with Crippen molar-refractivity contribution in [3.05, 3.63) is 49.9 Å². The zero-order valence-corrected chi connectivity index (χ0v) is 16.4. The van der Waals surface area contributed by atoms with E-state index in [-0.39, 0.29) is 16.9 Å². The number of anilines is 1. The van der Waals surface area contributed by atoms with Gasteiger partial charge in [-0.25, -0.2) is 4.39 Å². The van der Waals surface area contributed by atoms with E-state index in [1.807, 2.05) is 6.07 Å². The van der Waals surface area contributed by atoms with Gasteiger partial charge < -0.3 is 10.6 Å². The molecule has 1 aromatic heterocycles. The van der Waals surface area contributed by atoms with Gasteiger partial charge in [0.1, 0.15) is 5.82 Å². The first-order chi connectivity index (χ1) is 12.5. The standard InChI is InChI=1S/C19H18BrFN2O2S/c20-16-4-3-15(26-16)19(6-1-7-19)10-22-18(25)12-8-11-2-5-17(24)23-14(11)9-13(12)21/h3-4,8-9H,1-2,5-7,10H2,(H,22,25)(H,23,24). The molecule has 4 rings (SSSR count). The second kappa shape index (κ2) is 6.78. The molecule has 2 N–H and O–H groups in total. The summed E-state index contributed by atoms with van der Waals surface area (Å²) in [7, 11) is 0. The van der Waals surface area contributed by atoms with E-state index in [1.54, 1.807) is 17.4 Å². The molecule has 4 nitrogen and oxygen atoms in total. The van der Waals surface area contributed by atoms with E-state index in [1.165, 1.54) is 10.9 Å². The van der Waals surface area contributed by atoms with E-state index < -0.39 is 11.7 Å².